The molecule has 0 aromatic carbocycles. The van der Waals surface area contributed by atoms with Gasteiger partial charge in [0.25, 0.3) is 12.4 Å². The molecule has 0 saturated heterocycles. The summed E-state index contributed by atoms with van der Waals surface area (Å²) in [7, 11) is 0. The first-order valence-corrected chi connectivity index (χ1v) is 14.1. The fraction of sp³-hybridized carbons (Fsp3) is 0.931. The van der Waals surface area contributed by atoms with Crippen LogP contribution in [0.1, 0.15) is 119 Å². The van der Waals surface area contributed by atoms with E-state index in [0.29, 0.717) is 19.8 Å². The summed E-state index contributed by atoms with van der Waals surface area (Å²) in [5, 5.41) is 11.8. The number of rotatable bonds is 9. The van der Waals surface area contributed by atoms with Gasteiger partial charge in [0.15, 0.2) is 0 Å². The summed E-state index contributed by atoms with van der Waals surface area (Å²) in [5.41, 5.74) is 21.8. The maximum Gasteiger partial charge on any atom is 1.00 e. The maximum absolute atomic E-state index is 8.64. The minimum atomic E-state index is -0.849. The summed E-state index contributed by atoms with van der Waals surface area (Å²) in [6, 6.07) is 0. The molecule has 1 heterocycles. The Kier molecular flexibility index (Phi) is 33.2. The molecule has 43 heavy (non-hydrogen) atoms. The Morgan fingerprint density at radius 2 is 0.977 bits per heavy atom. The van der Waals surface area contributed by atoms with Crippen LogP contribution in [0.2, 0.25) is 0 Å². The average molecular weight is 675 g/mol. The predicted octanol–water partition coefficient (Wildman–Crippen LogP) is -3.19. The van der Waals surface area contributed by atoms with E-state index in [1.54, 1.807) is 6.92 Å². The molecule has 0 aromatic heterocycles. The Bertz CT molecular complexity index is 669. The first kappa shape index (κ1) is 57.2. The molecule has 9 N–H and O–H groups in total. The number of nitrogens with one attached hydrogen (secondary N) is 1. The van der Waals surface area contributed by atoms with Gasteiger partial charge in [-0.2, -0.15) is 0 Å². The molecule has 0 radical (unpaired) electrons. The van der Waals surface area contributed by atoms with E-state index in [9.17, 15) is 0 Å². The van der Waals surface area contributed by atoms with Crippen molar-refractivity contribution in [3.63, 3.8) is 0 Å². The number of ether oxygens (including phenoxy) is 3. The first-order valence-electron chi connectivity index (χ1n) is 14.1. The fourth-order valence-corrected chi connectivity index (χ4v) is 2.10. The van der Waals surface area contributed by atoms with Gasteiger partial charge in [0.2, 0.25) is 0 Å². The Hall–Kier alpha value is 1.89. The Labute approximate surface area is 350 Å². The van der Waals surface area contributed by atoms with E-state index in [1.165, 1.54) is 0 Å². The van der Waals surface area contributed by atoms with Gasteiger partial charge in [0.1, 0.15) is 0 Å². The largest absolute Gasteiger partial charge is 1.00 e. The van der Waals surface area contributed by atoms with Gasteiger partial charge >= 0.3 is 103 Å². The summed E-state index contributed by atoms with van der Waals surface area (Å²) in [6.07, 6.45) is 0. The van der Waals surface area contributed by atoms with Crippen LogP contribution in [0.25, 0.3) is 0 Å². The van der Waals surface area contributed by atoms with Crippen molar-refractivity contribution in [1.82, 2.24) is 5.32 Å². The number of hydrogen-bond donors (Lipinski definition) is 5. The molecule has 0 spiro atoms. The molecule has 1 aliphatic rings. The van der Waals surface area contributed by atoms with Gasteiger partial charge in [0.05, 0.1) is 16.9 Å². The van der Waals surface area contributed by atoms with E-state index < -0.39 is 5.97 Å². The molecule has 0 amide bonds. The molecule has 0 aromatic rings. The minimum absolute atomic E-state index is 0. The summed E-state index contributed by atoms with van der Waals surface area (Å²) >= 11 is 0. The molecule has 0 saturated carbocycles. The van der Waals surface area contributed by atoms with Crippen molar-refractivity contribution in [2.75, 3.05) is 19.8 Å². The molecule has 1 rings (SSSR count). The van der Waals surface area contributed by atoms with Crippen molar-refractivity contribution in [3.05, 3.63) is 0 Å². The number of nitrogens with two attached hydrogens (primary N) is 4. The van der Waals surface area contributed by atoms with Gasteiger partial charge in [0, 0.05) is 48.9 Å². The van der Waals surface area contributed by atoms with Gasteiger partial charge in [-0.05, 0) is 111 Å². The zero-order chi connectivity index (χ0) is 34.1. The molecule has 0 bridgehead atoms. The summed E-state index contributed by atoms with van der Waals surface area (Å²) < 4.78 is 15.8. The fourth-order valence-electron chi connectivity index (χ4n) is 2.10. The van der Waals surface area contributed by atoms with Crippen molar-refractivity contribution in [2.45, 2.75) is 157 Å². The van der Waals surface area contributed by atoms with Gasteiger partial charge in [-0.15, -0.1) is 0 Å². The van der Waals surface area contributed by atoms with Gasteiger partial charge in [-0.25, -0.2) is 0 Å². The van der Waals surface area contributed by atoms with E-state index >= 15 is 0 Å². The molecule has 0 atom stereocenters. The summed E-state index contributed by atoms with van der Waals surface area (Å²) in [4.78, 5) is 15.7. The quantitative estimate of drug-likeness (QED) is 0.0542. The monoisotopic (exact) mass is 674 g/mol. The van der Waals surface area contributed by atoms with Crippen molar-refractivity contribution in [3.8, 4) is 0 Å². The second kappa shape index (κ2) is 24.9. The summed E-state index contributed by atoms with van der Waals surface area (Å²) in [5.74, 6) is 0.202. The number of carbonyl (C=O) groups is 1. The second-order valence-electron chi connectivity index (χ2n) is 13.2. The van der Waals surface area contributed by atoms with E-state index in [-0.39, 0.29) is 144 Å². The van der Waals surface area contributed by atoms with Crippen LogP contribution in [0.3, 0.4) is 0 Å². The first-order chi connectivity index (χ1) is 17.9. The maximum atomic E-state index is 8.64. The molecule has 0 fully saturated rings. The van der Waals surface area contributed by atoms with Crippen LogP contribution in [-0.4, -0.2) is 71.3 Å². The molecule has 12 nitrogen and oxygen atoms in total. The third kappa shape index (κ3) is 28.6. The normalized spacial score (nSPS) is 15.3. The number of hydrogen-bond acceptors (Lipinski definition) is 12. The minimum Gasteiger partial charge on any atom is -1.00 e. The molecule has 0 unspecified atom stereocenters. The smallest absolute Gasteiger partial charge is 1.00 e. The van der Waals surface area contributed by atoms with Crippen molar-refractivity contribution < 1.29 is 133 Å². The van der Waals surface area contributed by atoms with Crippen LogP contribution in [0.15, 0.2) is 4.99 Å². The number of aliphatic imine (C=N–C) groups is 1. The zero-order valence-corrected chi connectivity index (χ0v) is 37.7. The van der Waals surface area contributed by atoms with E-state index in [0.717, 1.165) is 5.84 Å². The molecule has 252 valence electrons. The van der Waals surface area contributed by atoms with Gasteiger partial charge in [-0.1, -0.05) is 0 Å². The second-order valence-corrected chi connectivity index (χ2v) is 13.2. The van der Waals surface area contributed by atoms with E-state index in [4.69, 9.17) is 47.2 Å². The van der Waals surface area contributed by atoms with Gasteiger partial charge < -0.3 is 54.0 Å². The van der Waals surface area contributed by atoms with Crippen molar-refractivity contribution in [2.24, 2.45) is 27.9 Å². The molecule has 1 aliphatic heterocycles. The Morgan fingerprint density at radius 3 is 1.05 bits per heavy atom. The van der Waals surface area contributed by atoms with Crippen LogP contribution in [0.5, 0.6) is 0 Å². The predicted molar refractivity (Wildman–Crippen MR) is 169 cm³/mol. The summed E-state index contributed by atoms with van der Waals surface area (Å²) in [6.45, 7) is 35.2. The standard InChI is InChI=1S/C8H16N2.C8H18O3.2C6H16N2.CH2O3.2K.H/c1-6-9-7(2,3)8(4,5)10-6;1-5-9-8(4,10-6-2)11-7-3;2*1-5(2,7)6(3,4)8;2-1-4-3;;;/h1-5H3,(H,9,10);5-7H2,1-4H3;2*7-8H2,1-4H3;1,3H;;;/q;;;;;2*+1;-1/p-1. The van der Waals surface area contributed by atoms with Crippen LogP contribution in [0.4, 0.5) is 0 Å². The van der Waals surface area contributed by atoms with Crippen molar-refractivity contribution >= 4 is 12.3 Å². The van der Waals surface area contributed by atoms with Crippen molar-refractivity contribution in [1.29, 1.82) is 0 Å². The number of nitrogens with zero attached hydrogens (tertiary/aromatic N) is 1. The van der Waals surface area contributed by atoms with E-state index in [1.807, 2.05) is 83.1 Å². The number of amidine groups is 1. The topological polar surface area (TPSA) is 206 Å². The van der Waals surface area contributed by atoms with Crippen LogP contribution >= 0.6 is 0 Å². The van der Waals surface area contributed by atoms with Crippen LogP contribution in [-0.2, 0) is 23.9 Å². The van der Waals surface area contributed by atoms with Crippen LogP contribution < -0.4 is 136 Å². The molecule has 0 aliphatic carbocycles. The molecule has 14 heteroatoms. The average Bonchev–Trinajstić information content (AvgIpc) is 2.91. The number of carbonyl (C=O) groups excluding carboxylic acids is 1. The third-order valence-electron chi connectivity index (χ3n) is 7.05. The zero-order valence-electron chi connectivity index (χ0n) is 32.4. The third-order valence-corrected chi connectivity index (χ3v) is 7.05. The molecular weight excluding hydrogens is 607 g/mol. The Balaban J connectivity index is -0.0000000785. The van der Waals surface area contributed by atoms with Gasteiger partial charge in [-0.3, -0.25) is 9.79 Å². The Morgan fingerprint density at radius 1 is 0.744 bits per heavy atom. The van der Waals surface area contributed by atoms with Crippen LogP contribution in [0, 0.1) is 0 Å². The SMILES string of the molecule is CC(C)(N)C(C)(C)N.CC(C)(N)C(C)(C)N.CC1=NC(C)(C)C(C)(C)N1.CCOC(C)(OCC)OCC.O=CO[O-].[H-].[K+].[K+]. The van der Waals surface area contributed by atoms with E-state index in [2.05, 4.69) is 42.9 Å². The molecular formula is C29H68K2N6O6.